The van der Waals surface area contributed by atoms with Crippen molar-refractivity contribution < 1.29 is 9.90 Å². The van der Waals surface area contributed by atoms with Gasteiger partial charge in [-0.05, 0) is 19.1 Å². The van der Waals surface area contributed by atoms with Crippen LogP contribution in [0.2, 0.25) is 0 Å². The van der Waals surface area contributed by atoms with Gasteiger partial charge in [0, 0.05) is 16.2 Å². The smallest absolute Gasteiger partial charge is 0.338 e. The zero-order valence-corrected chi connectivity index (χ0v) is 12.1. The van der Waals surface area contributed by atoms with E-state index in [4.69, 9.17) is 5.11 Å². The number of hydrogen-bond donors (Lipinski definition) is 2. The molecular weight excluding hydrogens is 322 g/mol. The number of benzene rings is 1. The number of nitrogens with one attached hydrogen (secondary N) is 1. The van der Waals surface area contributed by atoms with Gasteiger partial charge >= 0.3 is 5.97 Å². The van der Waals surface area contributed by atoms with Gasteiger partial charge in [0.25, 0.3) is 0 Å². The number of H-pyrrole nitrogens is 1. The minimum absolute atomic E-state index is 0.193. The number of hydrogen-bond acceptors (Lipinski definition) is 3. The molecule has 0 fully saturated rings. The maximum absolute atomic E-state index is 11.1. The van der Waals surface area contributed by atoms with Crippen LogP contribution in [-0.4, -0.2) is 26.0 Å². The van der Waals surface area contributed by atoms with Gasteiger partial charge in [0.15, 0.2) is 5.82 Å². The number of nitrogens with zero attached hydrogens (tertiary/aromatic N) is 2. The van der Waals surface area contributed by atoms with Crippen LogP contribution >= 0.6 is 15.9 Å². The number of aryl methyl sites for hydroxylation is 1. The molecule has 0 radical (unpaired) electrons. The molecule has 0 amide bonds. The van der Waals surface area contributed by atoms with Crippen molar-refractivity contribution in [3.63, 3.8) is 0 Å². The molecule has 2 N–H and O–H groups in total. The molecule has 0 atom stereocenters. The number of fused-ring (bicyclic) bond motifs is 1. The summed E-state index contributed by atoms with van der Waals surface area (Å²) >= 11 is 3.41. The van der Waals surface area contributed by atoms with Crippen LogP contribution < -0.4 is 0 Å². The lowest BCUT2D eigenvalue weighted by molar-refractivity contribution is 0.0699. The van der Waals surface area contributed by atoms with Gasteiger partial charge in [0.05, 0.1) is 16.6 Å². The monoisotopic (exact) mass is 331 g/mol. The number of carboxylic acids is 1. The highest BCUT2D eigenvalue weighted by Gasteiger charge is 2.16. The van der Waals surface area contributed by atoms with Gasteiger partial charge < -0.3 is 10.1 Å². The highest BCUT2D eigenvalue weighted by molar-refractivity contribution is 9.10. The minimum atomic E-state index is -0.988. The fraction of sp³-hybridized carbons (Fsp3) is 0.0714. The molecule has 0 aliphatic rings. The molecule has 6 heteroatoms. The maximum Gasteiger partial charge on any atom is 0.338 e. The summed E-state index contributed by atoms with van der Waals surface area (Å²) in [4.78, 5) is 22.8. The van der Waals surface area contributed by atoms with Gasteiger partial charge in [-0.25, -0.2) is 14.8 Å². The fourth-order valence-electron chi connectivity index (χ4n) is 2.14. The van der Waals surface area contributed by atoms with E-state index in [0.29, 0.717) is 22.6 Å². The van der Waals surface area contributed by atoms with E-state index in [2.05, 4.69) is 30.9 Å². The van der Waals surface area contributed by atoms with Gasteiger partial charge in [-0.3, -0.25) is 0 Å². The number of rotatable bonds is 2. The van der Waals surface area contributed by atoms with Crippen LogP contribution in [0.3, 0.4) is 0 Å². The third-order valence-electron chi connectivity index (χ3n) is 3.03. The van der Waals surface area contributed by atoms with Crippen LogP contribution in [0, 0.1) is 6.92 Å². The van der Waals surface area contributed by atoms with Gasteiger partial charge in [0.2, 0.25) is 0 Å². The normalized spacial score (nSPS) is 10.9. The van der Waals surface area contributed by atoms with Crippen LogP contribution in [0.15, 0.2) is 34.9 Å². The molecule has 2 aromatic heterocycles. The maximum atomic E-state index is 11.1. The lowest BCUT2D eigenvalue weighted by Crippen LogP contribution is -1.98. The number of carbonyl (C=O) groups is 1. The largest absolute Gasteiger partial charge is 0.478 e. The number of aromatic carboxylic acids is 1. The zero-order valence-electron chi connectivity index (χ0n) is 10.5. The summed E-state index contributed by atoms with van der Waals surface area (Å²) in [5.41, 5.74) is 2.24. The Labute approximate surface area is 122 Å². The van der Waals surface area contributed by atoms with E-state index in [0.717, 1.165) is 10.0 Å². The van der Waals surface area contributed by atoms with Gasteiger partial charge in [-0.15, -0.1) is 0 Å². The van der Waals surface area contributed by atoms with Crippen LogP contribution in [0.4, 0.5) is 0 Å². The Hall–Kier alpha value is -2.21. The summed E-state index contributed by atoms with van der Waals surface area (Å²) in [7, 11) is 0. The Morgan fingerprint density at radius 1 is 1.35 bits per heavy atom. The Kier molecular flexibility index (Phi) is 3.02. The second kappa shape index (κ2) is 4.72. The van der Waals surface area contributed by atoms with E-state index in [-0.39, 0.29) is 5.56 Å². The molecule has 1 aromatic carbocycles. The first-order chi connectivity index (χ1) is 9.56. The molecule has 0 aliphatic carbocycles. The van der Waals surface area contributed by atoms with E-state index in [1.165, 1.54) is 6.20 Å². The Morgan fingerprint density at radius 3 is 2.85 bits per heavy atom. The van der Waals surface area contributed by atoms with Gasteiger partial charge in [-0.1, -0.05) is 28.1 Å². The van der Waals surface area contributed by atoms with E-state index >= 15 is 0 Å². The number of aromatic amines is 1. The third-order valence-corrected chi connectivity index (χ3v) is 3.52. The summed E-state index contributed by atoms with van der Waals surface area (Å²) < 4.78 is 0.939. The Balaban J connectivity index is 2.23. The second-order valence-corrected chi connectivity index (χ2v) is 5.29. The molecule has 3 rings (SSSR count). The number of halogens is 1. The van der Waals surface area contributed by atoms with E-state index in [1.807, 2.05) is 24.3 Å². The van der Waals surface area contributed by atoms with Crippen molar-refractivity contribution in [1.82, 2.24) is 15.0 Å². The van der Waals surface area contributed by atoms with Gasteiger partial charge in [0.1, 0.15) is 5.65 Å². The van der Waals surface area contributed by atoms with Crippen molar-refractivity contribution in [2.75, 3.05) is 0 Å². The molecule has 20 heavy (non-hydrogen) atoms. The summed E-state index contributed by atoms with van der Waals surface area (Å²) in [6.45, 7) is 1.78. The molecule has 100 valence electrons. The predicted molar refractivity (Wildman–Crippen MR) is 78.7 cm³/mol. The van der Waals surface area contributed by atoms with Crippen LogP contribution in [0.1, 0.15) is 16.1 Å². The Bertz CT molecular complexity index is 826. The minimum Gasteiger partial charge on any atom is -0.478 e. The van der Waals surface area contributed by atoms with Crippen molar-refractivity contribution in [3.8, 4) is 11.4 Å². The fourth-order valence-corrected chi connectivity index (χ4v) is 2.54. The average Bonchev–Trinajstić information content (AvgIpc) is 2.83. The summed E-state index contributed by atoms with van der Waals surface area (Å²) in [6, 6.07) is 7.65. The van der Waals surface area contributed by atoms with Crippen LogP contribution in [0.5, 0.6) is 0 Å². The van der Waals surface area contributed by atoms with E-state index in [9.17, 15) is 4.79 Å². The molecule has 5 nitrogen and oxygen atoms in total. The predicted octanol–water partition coefficient (Wildman–Crippen LogP) is 3.39. The van der Waals surface area contributed by atoms with Crippen molar-refractivity contribution in [2.24, 2.45) is 0 Å². The first-order valence-corrected chi connectivity index (χ1v) is 6.70. The summed E-state index contributed by atoms with van der Waals surface area (Å²) in [5, 5.41) is 9.69. The lowest BCUT2D eigenvalue weighted by Gasteiger charge is -2.04. The summed E-state index contributed by atoms with van der Waals surface area (Å²) in [6.07, 6.45) is 1.44. The lowest BCUT2D eigenvalue weighted by atomic mass is 10.1. The van der Waals surface area contributed by atoms with E-state index < -0.39 is 5.97 Å². The number of carboxylic acid groups (broad SMARTS) is 1. The quantitative estimate of drug-likeness (QED) is 0.754. The number of aromatic nitrogens is 3. The molecule has 0 spiro atoms. The molecule has 0 unspecified atom stereocenters. The first kappa shape index (κ1) is 12.8. The second-order valence-electron chi connectivity index (χ2n) is 4.37. The topological polar surface area (TPSA) is 78.9 Å². The van der Waals surface area contributed by atoms with E-state index in [1.54, 1.807) is 6.92 Å². The first-order valence-electron chi connectivity index (χ1n) is 5.91. The molecule has 2 heterocycles. The molecule has 0 bridgehead atoms. The summed E-state index contributed by atoms with van der Waals surface area (Å²) in [5.74, 6) is -0.423. The van der Waals surface area contributed by atoms with Crippen LogP contribution in [0.25, 0.3) is 22.4 Å². The third kappa shape index (κ3) is 2.08. The molecule has 3 aromatic rings. The van der Waals surface area contributed by atoms with Crippen molar-refractivity contribution >= 4 is 32.9 Å². The molecule has 0 saturated carbocycles. The molecule has 0 aliphatic heterocycles. The average molecular weight is 332 g/mol. The molecule has 0 saturated heterocycles. The zero-order chi connectivity index (χ0) is 14.3. The van der Waals surface area contributed by atoms with Gasteiger partial charge in [-0.2, -0.15) is 0 Å². The molecular formula is C14H10BrN3O2. The Morgan fingerprint density at radius 2 is 2.15 bits per heavy atom. The van der Waals surface area contributed by atoms with Crippen LogP contribution in [-0.2, 0) is 0 Å². The SMILES string of the molecule is Cc1nc(-c2cccc(Br)c2)nc2[nH]cc(C(=O)O)c12. The standard InChI is InChI=1S/C14H10BrN3O2/c1-7-11-10(14(19)20)6-16-13(11)18-12(17-7)8-3-2-4-9(15)5-8/h2-6H,1H3,(H,19,20)(H,16,17,18). The van der Waals surface area contributed by atoms with Crippen molar-refractivity contribution in [2.45, 2.75) is 6.92 Å². The highest BCUT2D eigenvalue weighted by atomic mass is 79.9. The van der Waals surface area contributed by atoms with Crippen molar-refractivity contribution in [3.05, 3.63) is 46.2 Å². The van der Waals surface area contributed by atoms with Crippen molar-refractivity contribution in [1.29, 1.82) is 0 Å². The highest BCUT2D eigenvalue weighted by Crippen LogP contribution is 2.25.